The van der Waals surface area contributed by atoms with Gasteiger partial charge in [-0.25, -0.2) is 4.98 Å². The van der Waals surface area contributed by atoms with Crippen LogP contribution in [0.1, 0.15) is 16.1 Å². The lowest BCUT2D eigenvalue weighted by Crippen LogP contribution is -2.12. The number of aromatic nitrogens is 2. The van der Waals surface area contributed by atoms with E-state index in [9.17, 15) is 0 Å². The number of hydrogen-bond acceptors (Lipinski definition) is 3. The maximum Gasteiger partial charge on any atom is 0.0798 e. The molecule has 2 heterocycles. The Bertz CT molecular complexity index is 696. The number of rotatable bonds is 4. The van der Waals surface area contributed by atoms with Gasteiger partial charge in [0, 0.05) is 42.1 Å². The van der Waals surface area contributed by atoms with Crippen molar-refractivity contribution in [2.75, 3.05) is 0 Å². The molecule has 2 aromatic heterocycles. The zero-order chi connectivity index (χ0) is 13.2. The van der Waals surface area contributed by atoms with Crippen LogP contribution in [0.25, 0.3) is 10.9 Å². The van der Waals surface area contributed by atoms with E-state index < -0.39 is 0 Å². The SMILES string of the molecule is Cc1ncsc1CNCc1cn(C)c2ccccc12. The third kappa shape index (κ3) is 2.41. The summed E-state index contributed by atoms with van der Waals surface area (Å²) >= 11 is 1.71. The molecule has 4 heteroatoms. The quantitative estimate of drug-likeness (QED) is 0.789. The molecule has 0 amide bonds. The Morgan fingerprint density at radius 2 is 2.11 bits per heavy atom. The van der Waals surface area contributed by atoms with Crippen molar-refractivity contribution in [3.8, 4) is 0 Å². The minimum absolute atomic E-state index is 0.888. The fraction of sp³-hybridized carbons (Fsp3) is 0.267. The fourth-order valence-electron chi connectivity index (χ4n) is 2.37. The molecule has 0 aliphatic rings. The molecular weight excluding hydrogens is 254 g/mol. The monoisotopic (exact) mass is 271 g/mol. The van der Waals surface area contributed by atoms with Gasteiger partial charge in [0.1, 0.15) is 0 Å². The Hall–Kier alpha value is -1.65. The molecule has 0 atom stereocenters. The second-order valence-corrected chi connectivity index (χ2v) is 5.69. The lowest BCUT2D eigenvalue weighted by Gasteiger charge is -2.02. The fourth-order valence-corrected chi connectivity index (χ4v) is 3.12. The second-order valence-electron chi connectivity index (χ2n) is 4.75. The molecule has 0 aliphatic carbocycles. The zero-order valence-electron chi connectivity index (χ0n) is 11.2. The van der Waals surface area contributed by atoms with Gasteiger partial charge in [-0.05, 0) is 18.6 Å². The summed E-state index contributed by atoms with van der Waals surface area (Å²) in [7, 11) is 2.10. The summed E-state index contributed by atoms with van der Waals surface area (Å²) < 4.78 is 2.18. The summed E-state index contributed by atoms with van der Waals surface area (Å²) in [5.74, 6) is 0. The summed E-state index contributed by atoms with van der Waals surface area (Å²) in [6, 6.07) is 8.52. The summed E-state index contributed by atoms with van der Waals surface area (Å²) in [6.07, 6.45) is 2.21. The average Bonchev–Trinajstić information content (AvgIpc) is 2.96. The van der Waals surface area contributed by atoms with E-state index in [0.717, 1.165) is 18.8 Å². The van der Waals surface area contributed by atoms with Gasteiger partial charge >= 0.3 is 0 Å². The Morgan fingerprint density at radius 3 is 2.89 bits per heavy atom. The predicted molar refractivity (Wildman–Crippen MR) is 80.3 cm³/mol. The van der Waals surface area contributed by atoms with Crippen molar-refractivity contribution in [3.63, 3.8) is 0 Å². The molecule has 0 unspecified atom stereocenters. The number of thiazole rings is 1. The topological polar surface area (TPSA) is 29.9 Å². The van der Waals surface area contributed by atoms with Crippen molar-refractivity contribution in [1.29, 1.82) is 0 Å². The Morgan fingerprint density at radius 1 is 1.26 bits per heavy atom. The van der Waals surface area contributed by atoms with Crippen molar-refractivity contribution in [3.05, 3.63) is 52.1 Å². The van der Waals surface area contributed by atoms with Gasteiger partial charge < -0.3 is 9.88 Å². The molecule has 3 nitrogen and oxygen atoms in total. The highest BCUT2D eigenvalue weighted by Crippen LogP contribution is 2.20. The number of para-hydroxylation sites is 1. The highest BCUT2D eigenvalue weighted by atomic mass is 32.1. The predicted octanol–water partition coefficient (Wildman–Crippen LogP) is 3.23. The van der Waals surface area contributed by atoms with E-state index in [2.05, 4.69) is 59.3 Å². The van der Waals surface area contributed by atoms with Crippen LogP contribution in [-0.2, 0) is 20.1 Å². The van der Waals surface area contributed by atoms with Crippen LogP contribution in [0, 0.1) is 6.92 Å². The highest BCUT2D eigenvalue weighted by molar-refractivity contribution is 7.09. The van der Waals surface area contributed by atoms with Crippen molar-refractivity contribution in [1.82, 2.24) is 14.9 Å². The molecule has 3 rings (SSSR count). The Kier molecular flexibility index (Phi) is 3.36. The van der Waals surface area contributed by atoms with Crippen molar-refractivity contribution in [2.24, 2.45) is 7.05 Å². The van der Waals surface area contributed by atoms with Crippen LogP contribution in [0.3, 0.4) is 0 Å². The summed E-state index contributed by atoms with van der Waals surface area (Å²) in [5.41, 5.74) is 5.67. The van der Waals surface area contributed by atoms with Crippen molar-refractivity contribution >= 4 is 22.2 Å². The first-order chi connectivity index (χ1) is 9.25. The third-order valence-corrected chi connectivity index (χ3v) is 4.36. The lowest BCUT2D eigenvalue weighted by molar-refractivity contribution is 0.698. The van der Waals surface area contributed by atoms with Crippen LogP contribution in [0.15, 0.2) is 36.0 Å². The van der Waals surface area contributed by atoms with Crippen LogP contribution in [0.2, 0.25) is 0 Å². The second kappa shape index (κ2) is 5.15. The molecule has 0 aliphatic heterocycles. The Labute approximate surface area is 116 Å². The summed E-state index contributed by atoms with van der Waals surface area (Å²) in [4.78, 5) is 5.59. The van der Waals surface area contributed by atoms with Gasteiger partial charge in [0.2, 0.25) is 0 Å². The molecule has 3 aromatic rings. The molecule has 1 aromatic carbocycles. The first kappa shape index (κ1) is 12.4. The molecule has 0 saturated carbocycles. The molecule has 1 N–H and O–H groups in total. The molecule has 0 saturated heterocycles. The molecule has 0 radical (unpaired) electrons. The van der Waals surface area contributed by atoms with E-state index in [1.165, 1.54) is 21.3 Å². The van der Waals surface area contributed by atoms with Gasteiger partial charge in [0.05, 0.1) is 11.2 Å². The number of nitrogens with zero attached hydrogens (tertiary/aromatic N) is 2. The minimum atomic E-state index is 0.888. The lowest BCUT2D eigenvalue weighted by atomic mass is 10.2. The van der Waals surface area contributed by atoms with Gasteiger partial charge in [-0.1, -0.05) is 18.2 Å². The van der Waals surface area contributed by atoms with Crippen molar-refractivity contribution < 1.29 is 0 Å². The largest absolute Gasteiger partial charge is 0.350 e. The molecule has 98 valence electrons. The van der Waals surface area contributed by atoms with E-state index >= 15 is 0 Å². The average molecular weight is 271 g/mol. The highest BCUT2D eigenvalue weighted by Gasteiger charge is 2.06. The van der Waals surface area contributed by atoms with E-state index in [0.29, 0.717) is 0 Å². The molecule has 0 spiro atoms. The van der Waals surface area contributed by atoms with Gasteiger partial charge in [-0.2, -0.15) is 0 Å². The van der Waals surface area contributed by atoms with Gasteiger partial charge in [-0.15, -0.1) is 11.3 Å². The van der Waals surface area contributed by atoms with E-state index in [1.54, 1.807) is 11.3 Å². The molecule has 0 fully saturated rings. The number of fused-ring (bicyclic) bond motifs is 1. The molecule has 0 bridgehead atoms. The maximum absolute atomic E-state index is 4.27. The van der Waals surface area contributed by atoms with Crippen LogP contribution >= 0.6 is 11.3 Å². The van der Waals surface area contributed by atoms with Crippen LogP contribution in [-0.4, -0.2) is 9.55 Å². The van der Waals surface area contributed by atoms with Gasteiger partial charge in [0.25, 0.3) is 0 Å². The van der Waals surface area contributed by atoms with Crippen LogP contribution in [0.4, 0.5) is 0 Å². The van der Waals surface area contributed by atoms with Crippen molar-refractivity contribution in [2.45, 2.75) is 20.0 Å². The maximum atomic E-state index is 4.27. The summed E-state index contributed by atoms with van der Waals surface area (Å²) in [6.45, 7) is 3.84. The number of aryl methyl sites for hydroxylation is 2. The zero-order valence-corrected chi connectivity index (χ0v) is 12.0. The minimum Gasteiger partial charge on any atom is -0.350 e. The standard InChI is InChI=1S/C15H17N3S/c1-11-15(19-10-17-11)8-16-7-12-9-18(2)14-6-4-3-5-13(12)14/h3-6,9-10,16H,7-8H2,1-2H3. The molecule has 19 heavy (non-hydrogen) atoms. The third-order valence-electron chi connectivity index (χ3n) is 3.43. The first-order valence-corrected chi connectivity index (χ1v) is 7.26. The van der Waals surface area contributed by atoms with Crippen LogP contribution < -0.4 is 5.32 Å². The van der Waals surface area contributed by atoms with E-state index in [1.807, 2.05) is 5.51 Å². The van der Waals surface area contributed by atoms with E-state index in [4.69, 9.17) is 0 Å². The van der Waals surface area contributed by atoms with Crippen LogP contribution in [0.5, 0.6) is 0 Å². The first-order valence-electron chi connectivity index (χ1n) is 6.38. The number of nitrogens with one attached hydrogen (secondary N) is 1. The van der Waals surface area contributed by atoms with Gasteiger partial charge in [0.15, 0.2) is 0 Å². The normalized spacial score (nSPS) is 11.3. The number of hydrogen-bond donors (Lipinski definition) is 1. The Balaban J connectivity index is 1.74. The molecular formula is C15H17N3S. The smallest absolute Gasteiger partial charge is 0.0798 e. The van der Waals surface area contributed by atoms with Gasteiger partial charge in [-0.3, -0.25) is 0 Å². The number of benzene rings is 1. The van der Waals surface area contributed by atoms with E-state index in [-0.39, 0.29) is 0 Å². The summed E-state index contributed by atoms with van der Waals surface area (Å²) in [5, 5.41) is 4.84.